The summed E-state index contributed by atoms with van der Waals surface area (Å²) in [6.45, 7) is 5.97. The van der Waals surface area contributed by atoms with Crippen molar-refractivity contribution in [1.29, 1.82) is 0 Å². The number of ether oxygens (including phenoxy) is 1. The number of benzene rings is 1. The monoisotopic (exact) mass is 277 g/mol. The van der Waals surface area contributed by atoms with Gasteiger partial charge in [-0.05, 0) is 45.0 Å². The van der Waals surface area contributed by atoms with Gasteiger partial charge in [0.25, 0.3) is 0 Å². The molecule has 0 fully saturated rings. The average Bonchev–Trinajstić information content (AvgIpc) is 2.29. The van der Waals surface area contributed by atoms with E-state index in [1.54, 1.807) is 0 Å². The number of carbonyl (C=O) groups excluding carboxylic acids is 1. The molecule has 1 N–H and O–H groups in total. The zero-order valence-electron chi connectivity index (χ0n) is 11.5. The highest BCUT2D eigenvalue weighted by atomic mass is 32.1. The third-order valence-corrected chi connectivity index (χ3v) is 2.32. The third-order valence-electron chi connectivity index (χ3n) is 2.02. The van der Waals surface area contributed by atoms with E-state index in [2.05, 4.69) is 29.8 Å². The van der Waals surface area contributed by atoms with Crippen LogP contribution in [-0.2, 0) is 4.74 Å². The lowest BCUT2D eigenvalue weighted by molar-refractivity contribution is 0.0529. The highest BCUT2D eigenvalue weighted by Gasteiger charge is 2.15. The van der Waals surface area contributed by atoms with Gasteiger partial charge >= 0.3 is 6.09 Å². The van der Waals surface area contributed by atoms with Gasteiger partial charge in [0.1, 0.15) is 5.60 Å². The summed E-state index contributed by atoms with van der Waals surface area (Å²) in [4.78, 5) is 12.3. The molecule has 1 aromatic carbocycles. The topological polar surface area (TPSA) is 38.3 Å². The van der Waals surface area contributed by atoms with Gasteiger partial charge in [-0.15, -0.1) is 12.6 Å². The number of nitrogens with one attached hydrogen (secondary N) is 1. The Bertz CT molecular complexity index is 478. The normalized spacial score (nSPS) is 10.3. The van der Waals surface area contributed by atoms with Gasteiger partial charge in [-0.2, -0.15) is 0 Å². The first kappa shape index (κ1) is 15.5. The quantitative estimate of drug-likeness (QED) is 0.495. The van der Waals surface area contributed by atoms with Crippen LogP contribution in [0.1, 0.15) is 32.8 Å². The molecule has 0 spiro atoms. The molecule has 0 atom stereocenters. The molecule has 1 aromatic rings. The van der Waals surface area contributed by atoms with E-state index >= 15 is 0 Å². The van der Waals surface area contributed by atoms with Crippen molar-refractivity contribution in [2.45, 2.75) is 37.7 Å². The summed E-state index contributed by atoms with van der Waals surface area (Å²) >= 11 is 4.20. The van der Waals surface area contributed by atoms with Gasteiger partial charge in [-0.25, -0.2) is 4.79 Å². The number of thiol groups is 1. The van der Waals surface area contributed by atoms with E-state index in [0.717, 1.165) is 10.5 Å². The van der Waals surface area contributed by atoms with Crippen LogP contribution >= 0.6 is 12.6 Å². The smallest absolute Gasteiger partial charge is 0.407 e. The first-order valence-electron chi connectivity index (χ1n) is 6.11. The van der Waals surface area contributed by atoms with Crippen molar-refractivity contribution >= 4 is 18.7 Å². The number of rotatable bonds is 2. The molecule has 0 aliphatic rings. The summed E-state index contributed by atoms with van der Waals surface area (Å²) in [7, 11) is 0. The fraction of sp³-hybridized carbons (Fsp3) is 0.400. The van der Waals surface area contributed by atoms with E-state index < -0.39 is 11.7 Å². The fourth-order valence-electron chi connectivity index (χ4n) is 1.25. The second-order valence-electron chi connectivity index (χ2n) is 5.03. The second-order valence-corrected chi connectivity index (χ2v) is 5.54. The van der Waals surface area contributed by atoms with Gasteiger partial charge in [-0.3, -0.25) is 0 Å². The first-order chi connectivity index (χ1) is 8.87. The lowest BCUT2D eigenvalue weighted by atomic mass is 10.2. The number of alkyl carbamates (subject to hydrolysis) is 1. The average molecular weight is 277 g/mol. The van der Waals surface area contributed by atoms with Gasteiger partial charge in [0.2, 0.25) is 0 Å². The second kappa shape index (κ2) is 7.10. The largest absolute Gasteiger partial charge is 0.444 e. The molecular formula is C15H19NO2S. The highest BCUT2D eigenvalue weighted by Crippen LogP contribution is 2.07. The SMILES string of the molecule is CC(C)(C)OC(=O)NCCC#Cc1ccc(S)cc1. The standard InChI is InChI=1S/C15H19NO2S/c1-15(2,3)18-14(17)16-11-5-4-6-12-7-9-13(19)10-8-12/h7-10,19H,5,11H2,1-3H3,(H,16,17). The Morgan fingerprint density at radius 3 is 2.53 bits per heavy atom. The molecule has 0 aromatic heterocycles. The summed E-state index contributed by atoms with van der Waals surface area (Å²) in [5.74, 6) is 6.01. The lowest BCUT2D eigenvalue weighted by Crippen LogP contribution is -2.32. The molecule has 4 heteroatoms. The van der Waals surface area contributed by atoms with E-state index in [1.807, 2.05) is 45.0 Å². The molecule has 0 unspecified atom stereocenters. The number of hydrogen-bond donors (Lipinski definition) is 2. The van der Waals surface area contributed by atoms with Crippen molar-refractivity contribution < 1.29 is 9.53 Å². The molecule has 0 aliphatic carbocycles. The van der Waals surface area contributed by atoms with Crippen LogP contribution in [0.25, 0.3) is 0 Å². The molecule has 0 saturated carbocycles. The van der Waals surface area contributed by atoms with Gasteiger partial charge in [-0.1, -0.05) is 11.8 Å². The van der Waals surface area contributed by atoms with Crippen LogP contribution in [0.3, 0.4) is 0 Å². The van der Waals surface area contributed by atoms with E-state index in [1.165, 1.54) is 0 Å². The molecule has 0 saturated heterocycles. The van der Waals surface area contributed by atoms with Crippen molar-refractivity contribution in [3.05, 3.63) is 29.8 Å². The van der Waals surface area contributed by atoms with Gasteiger partial charge in [0.05, 0.1) is 0 Å². The maximum Gasteiger partial charge on any atom is 0.407 e. The summed E-state index contributed by atoms with van der Waals surface area (Å²) < 4.78 is 5.11. The van der Waals surface area contributed by atoms with Crippen molar-refractivity contribution in [2.75, 3.05) is 6.54 Å². The summed E-state index contributed by atoms with van der Waals surface area (Å²) in [5, 5.41) is 2.66. The summed E-state index contributed by atoms with van der Waals surface area (Å²) in [5.41, 5.74) is 0.472. The molecule has 1 rings (SSSR count). The van der Waals surface area contributed by atoms with E-state index in [0.29, 0.717) is 13.0 Å². The van der Waals surface area contributed by atoms with Crippen LogP contribution in [-0.4, -0.2) is 18.2 Å². The maximum absolute atomic E-state index is 11.3. The van der Waals surface area contributed by atoms with Gasteiger partial charge < -0.3 is 10.1 Å². The number of hydrogen-bond acceptors (Lipinski definition) is 3. The van der Waals surface area contributed by atoms with Crippen LogP contribution < -0.4 is 5.32 Å². The molecule has 19 heavy (non-hydrogen) atoms. The molecule has 0 radical (unpaired) electrons. The zero-order valence-corrected chi connectivity index (χ0v) is 12.4. The third kappa shape index (κ3) is 7.43. The number of carbonyl (C=O) groups is 1. The minimum absolute atomic E-state index is 0.409. The molecule has 1 amide bonds. The Balaban J connectivity index is 2.28. The van der Waals surface area contributed by atoms with Gasteiger partial charge in [0, 0.05) is 23.4 Å². The lowest BCUT2D eigenvalue weighted by Gasteiger charge is -2.19. The van der Waals surface area contributed by atoms with E-state index in [9.17, 15) is 4.79 Å². The van der Waals surface area contributed by atoms with Gasteiger partial charge in [0.15, 0.2) is 0 Å². The van der Waals surface area contributed by atoms with E-state index in [-0.39, 0.29) is 0 Å². The predicted octanol–water partition coefficient (Wildman–Crippen LogP) is 3.24. The maximum atomic E-state index is 11.3. The highest BCUT2D eigenvalue weighted by molar-refractivity contribution is 7.80. The summed E-state index contributed by atoms with van der Waals surface area (Å²) in [6.07, 6.45) is 0.177. The van der Waals surface area contributed by atoms with Crippen molar-refractivity contribution in [1.82, 2.24) is 5.32 Å². The van der Waals surface area contributed by atoms with Crippen molar-refractivity contribution in [3.63, 3.8) is 0 Å². The van der Waals surface area contributed by atoms with Crippen LogP contribution in [0, 0.1) is 11.8 Å². The molecule has 3 nitrogen and oxygen atoms in total. The molecule has 0 aliphatic heterocycles. The van der Waals surface area contributed by atoms with Crippen LogP contribution in [0.2, 0.25) is 0 Å². The Morgan fingerprint density at radius 1 is 1.32 bits per heavy atom. The first-order valence-corrected chi connectivity index (χ1v) is 6.56. The molecule has 0 bridgehead atoms. The Kier molecular flexibility index (Phi) is 5.78. The van der Waals surface area contributed by atoms with E-state index in [4.69, 9.17) is 4.74 Å². The molecule has 0 heterocycles. The molecular weight excluding hydrogens is 258 g/mol. The molecule has 102 valence electrons. The van der Waals surface area contributed by atoms with Crippen molar-refractivity contribution in [3.8, 4) is 11.8 Å². The van der Waals surface area contributed by atoms with Crippen LogP contribution in [0.5, 0.6) is 0 Å². The zero-order chi connectivity index (χ0) is 14.3. The Morgan fingerprint density at radius 2 is 1.95 bits per heavy atom. The number of amides is 1. The fourth-order valence-corrected chi connectivity index (χ4v) is 1.40. The van der Waals surface area contributed by atoms with Crippen LogP contribution in [0.4, 0.5) is 4.79 Å². The Hall–Kier alpha value is -1.60. The van der Waals surface area contributed by atoms with Crippen molar-refractivity contribution in [2.24, 2.45) is 0 Å². The van der Waals surface area contributed by atoms with Crippen LogP contribution in [0.15, 0.2) is 29.2 Å². The Labute approximate surface area is 120 Å². The summed E-state index contributed by atoms with van der Waals surface area (Å²) in [6, 6.07) is 7.62. The minimum Gasteiger partial charge on any atom is -0.444 e. The minimum atomic E-state index is -0.468. The predicted molar refractivity (Wildman–Crippen MR) is 79.4 cm³/mol.